The molecule has 13 heteroatoms. The van der Waals surface area contributed by atoms with E-state index >= 15 is 0 Å². The Morgan fingerprint density at radius 1 is 1.02 bits per heavy atom. The molecule has 1 aliphatic heterocycles. The van der Waals surface area contributed by atoms with Crippen LogP contribution in [-0.4, -0.2) is 64.3 Å². The predicted molar refractivity (Wildman–Crippen MR) is 146 cm³/mol. The first-order valence-electron chi connectivity index (χ1n) is 13.1. The summed E-state index contributed by atoms with van der Waals surface area (Å²) >= 11 is 0. The van der Waals surface area contributed by atoms with Crippen molar-refractivity contribution in [2.24, 2.45) is 5.92 Å². The van der Waals surface area contributed by atoms with E-state index in [1.54, 1.807) is 24.3 Å². The van der Waals surface area contributed by atoms with E-state index in [2.05, 4.69) is 20.3 Å². The molecule has 0 spiro atoms. The van der Waals surface area contributed by atoms with E-state index in [1.165, 1.54) is 5.56 Å². The fourth-order valence-electron chi connectivity index (χ4n) is 4.45. The van der Waals surface area contributed by atoms with E-state index in [0.717, 1.165) is 63.1 Å². The third-order valence-corrected chi connectivity index (χ3v) is 7.87. The van der Waals surface area contributed by atoms with Crippen LogP contribution in [0.2, 0.25) is 0 Å². The highest BCUT2D eigenvalue weighted by Crippen LogP contribution is 2.28. The molecule has 40 heavy (non-hydrogen) atoms. The average Bonchev–Trinajstić information content (AvgIpc) is 2.91. The molecule has 1 fully saturated rings. The molecule has 1 aliphatic carbocycles. The lowest BCUT2D eigenvalue weighted by molar-refractivity contribution is -0.192. The van der Waals surface area contributed by atoms with Gasteiger partial charge in [-0.1, -0.05) is 19.9 Å². The number of carbonyl (C=O) groups excluding carboxylic acids is 1. The van der Waals surface area contributed by atoms with Gasteiger partial charge in [0.15, 0.2) is 0 Å². The van der Waals surface area contributed by atoms with Crippen LogP contribution in [0.15, 0.2) is 41.3 Å². The molecule has 1 heterocycles. The molecule has 4 rings (SSSR count). The molecule has 0 unspecified atom stereocenters. The highest BCUT2D eigenvalue weighted by atomic mass is 32.2. The van der Waals surface area contributed by atoms with Crippen LogP contribution < -0.4 is 20.3 Å². The molecule has 1 amide bonds. The minimum absolute atomic E-state index is 0.188. The van der Waals surface area contributed by atoms with Crippen molar-refractivity contribution in [2.75, 3.05) is 42.3 Å². The molecule has 0 aromatic heterocycles. The second-order valence-electron chi connectivity index (χ2n) is 10.1. The lowest BCUT2D eigenvalue weighted by Crippen LogP contribution is -2.44. The number of aliphatic carboxylic acids is 1. The number of rotatable bonds is 7. The highest BCUT2D eigenvalue weighted by molar-refractivity contribution is 7.92. The quantitative estimate of drug-likeness (QED) is 0.390. The second-order valence-corrected chi connectivity index (χ2v) is 11.8. The van der Waals surface area contributed by atoms with Crippen molar-refractivity contribution < 1.29 is 36.3 Å². The van der Waals surface area contributed by atoms with Gasteiger partial charge >= 0.3 is 12.1 Å². The van der Waals surface area contributed by atoms with Gasteiger partial charge in [0.05, 0.1) is 10.5 Å². The van der Waals surface area contributed by atoms with E-state index in [1.807, 2.05) is 26.0 Å². The Labute approximate surface area is 232 Å². The Morgan fingerprint density at radius 3 is 2.25 bits per heavy atom. The third kappa shape index (κ3) is 8.59. The first-order valence-corrected chi connectivity index (χ1v) is 14.6. The van der Waals surface area contributed by atoms with Gasteiger partial charge in [-0.3, -0.25) is 9.52 Å². The Kier molecular flexibility index (Phi) is 10.4. The summed E-state index contributed by atoms with van der Waals surface area (Å²) < 4.78 is 60.7. The molecular formula is C27H35F3N4O5S. The zero-order valence-electron chi connectivity index (χ0n) is 22.5. The van der Waals surface area contributed by atoms with Crippen molar-refractivity contribution in [3.05, 3.63) is 53.1 Å². The SMILES string of the molecule is CC(C)CNC(=O)c1cc(NS(=O)(=O)c2ccc3c(c2)CCCC3)ccc1N1CCNCC1.O=C(O)C(F)(F)F. The number of amides is 1. The van der Waals surface area contributed by atoms with Crippen molar-refractivity contribution in [3.8, 4) is 0 Å². The van der Waals surface area contributed by atoms with Crippen molar-refractivity contribution in [1.82, 2.24) is 10.6 Å². The molecule has 9 nitrogen and oxygen atoms in total. The van der Waals surface area contributed by atoms with E-state index in [4.69, 9.17) is 9.90 Å². The highest BCUT2D eigenvalue weighted by Gasteiger charge is 2.38. The summed E-state index contributed by atoms with van der Waals surface area (Å²) in [5.41, 5.74) is 4.07. The van der Waals surface area contributed by atoms with Gasteiger partial charge in [-0.2, -0.15) is 13.2 Å². The molecule has 0 radical (unpaired) electrons. The lowest BCUT2D eigenvalue weighted by atomic mass is 9.92. The molecule has 1 saturated heterocycles. The first-order chi connectivity index (χ1) is 18.8. The Bertz CT molecular complexity index is 1310. The average molecular weight is 585 g/mol. The van der Waals surface area contributed by atoms with Crippen molar-refractivity contribution in [2.45, 2.75) is 50.6 Å². The Balaban J connectivity index is 0.000000559. The number of nitrogens with zero attached hydrogens (tertiary/aromatic N) is 1. The van der Waals surface area contributed by atoms with E-state index in [-0.39, 0.29) is 10.8 Å². The van der Waals surface area contributed by atoms with Gasteiger partial charge in [0.1, 0.15) is 0 Å². The van der Waals surface area contributed by atoms with E-state index in [0.29, 0.717) is 23.7 Å². The van der Waals surface area contributed by atoms with Crippen LogP contribution in [0.25, 0.3) is 0 Å². The number of carboxylic acid groups (broad SMARTS) is 1. The van der Waals surface area contributed by atoms with Crippen LogP contribution in [-0.2, 0) is 27.7 Å². The molecule has 4 N–H and O–H groups in total. The van der Waals surface area contributed by atoms with E-state index < -0.39 is 22.2 Å². The summed E-state index contributed by atoms with van der Waals surface area (Å²) in [6.45, 7) is 7.93. The number of halogens is 3. The molecule has 2 aromatic rings. The van der Waals surface area contributed by atoms with Gasteiger partial charge in [0.25, 0.3) is 15.9 Å². The Hall–Kier alpha value is -3.32. The number of anilines is 2. The summed E-state index contributed by atoms with van der Waals surface area (Å²) in [5.74, 6) is -2.62. The third-order valence-electron chi connectivity index (χ3n) is 6.49. The largest absolute Gasteiger partial charge is 0.490 e. The number of hydrogen-bond acceptors (Lipinski definition) is 6. The number of carbonyl (C=O) groups is 2. The molecule has 0 bridgehead atoms. The maximum Gasteiger partial charge on any atom is 0.490 e. The van der Waals surface area contributed by atoms with Crippen LogP contribution >= 0.6 is 0 Å². The number of benzene rings is 2. The van der Waals surface area contributed by atoms with Gasteiger partial charge in [0.2, 0.25) is 0 Å². The summed E-state index contributed by atoms with van der Waals surface area (Å²) in [6.07, 6.45) is -0.922. The summed E-state index contributed by atoms with van der Waals surface area (Å²) in [7, 11) is -3.76. The van der Waals surface area contributed by atoms with Crippen molar-refractivity contribution in [1.29, 1.82) is 0 Å². The summed E-state index contributed by atoms with van der Waals surface area (Å²) in [4.78, 5) is 24.4. The molecule has 2 aliphatic rings. The number of nitrogens with one attached hydrogen (secondary N) is 3. The minimum atomic E-state index is -5.08. The Morgan fingerprint density at radius 2 is 1.65 bits per heavy atom. The topological polar surface area (TPSA) is 128 Å². The van der Waals surface area contributed by atoms with Crippen LogP contribution in [0, 0.1) is 5.92 Å². The van der Waals surface area contributed by atoms with Gasteiger partial charge in [-0.05, 0) is 73.1 Å². The number of hydrogen-bond donors (Lipinski definition) is 4. The van der Waals surface area contributed by atoms with Crippen molar-refractivity contribution in [3.63, 3.8) is 0 Å². The molecule has 0 atom stereocenters. The van der Waals surface area contributed by atoms with Crippen LogP contribution in [0.1, 0.15) is 48.2 Å². The molecule has 220 valence electrons. The maximum absolute atomic E-state index is 13.1. The first kappa shape index (κ1) is 31.2. The lowest BCUT2D eigenvalue weighted by Gasteiger charge is -2.31. The monoisotopic (exact) mass is 584 g/mol. The molecule has 2 aromatic carbocycles. The van der Waals surface area contributed by atoms with Crippen LogP contribution in [0.3, 0.4) is 0 Å². The number of piperazine rings is 1. The van der Waals surface area contributed by atoms with E-state index in [9.17, 15) is 26.4 Å². The zero-order valence-corrected chi connectivity index (χ0v) is 23.3. The smallest absolute Gasteiger partial charge is 0.475 e. The van der Waals surface area contributed by atoms with Gasteiger partial charge < -0.3 is 20.6 Å². The van der Waals surface area contributed by atoms with Gasteiger partial charge in [-0.25, -0.2) is 13.2 Å². The number of sulfonamides is 1. The number of carboxylic acids is 1. The van der Waals surface area contributed by atoms with Gasteiger partial charge in [-0.15, -0.1) is 0 Å². The number of alkyl halides is 3. The van der Waals surface area contributed by atoms with Crippen LogP contribution in [0.5, 0.6) is 0 Å². The second kappa shape index (κ2) is 13.4. The van der Waals surface area contributed by atoms with Crippen LogP contribution in [0.4, 0.5) is 24.5 Å². The number of fused-ring (bicyclic) bond motifs is 1. The molecular weight excluding hydrogens is 549 g/mol. The van der Waals surface area contributed by atoms with Gasteiger partial charge in [0, 0.05) is 44.1 Å². The fraction of sp³-hybridized carbons (Fsp3) is 0.481. The van der Waals surface area contributed by atoms with Crippen molar-refractivity contribution >= 4 is 33.3 Å². The minimum Gasteiger partial charge on any atom is -0.475 e. The maximum atomic E-state index is 13.1. The summed E-state index contributed by atoms with van der Waals surface area (Å²) in [6, 6.07) is 10.7. The summed E-state index contributed by atoms with van der Waals surface area (Å²) in [5, 5.41) is 13.4. The number of aryl methyl sites for hydroxylation is 2. The predicted octanol–water partition coefficient (Wildman–Crippen LogP) is 3.79. The normalized spacial score (nSPS) is 15.5. The zero-order chi connectivity index (χ0) is 29.5. The molecule has 0 saturated carbocycles. The fourth-order valence-corrected chi connectivity index (χ4v) is 5.55. The standard InChI is InChI=1S/C25H34N4O3S.C2HF3O2/c1-18(2)17-27-25(30)23-16-21(8-10-24(23)29-13-11-26-12-14-29)28-33(31,32)22-9-7-19-5-3-4-6-20(19)15-22;3-2(4,5)1(6)7/h7-10,15-16,18,26,28H,3-6,11-14,17H2,1-2H3,(H,27,30);(H,6,7).